The molecule has 0 atom stereocenters. The number of thiazole rings is 2. The van der Waals surface area contributed by atoms with E-state index in [9.17, 15) is 27.6 Å². The van der Waals surface area contributed by atoms with Gasteiger partial charge in [0.15, 0.2) is 10.3 Å². The molecule has 13 nitrogen and oxygen atoms in total. The van der Waals surface area contributed by atoms with Crippen LogP contribution in [-0.4, -0.2) is 110 Å². The Morgan fingerprint density at radius 2 is 1.12 bits per heavy atom. The van der Waals surface area contributed by atoms with Crippen molar-refractivity contribution in [1.29, 1.82) is 0 Å². The lowest BCUT2D eigenvalue weighted by Crippen LogP contribution is -2.52. The van der Waals surface area contributed by atoms with Crippen molar-refractivity contribution < 1.29 is 37.0 Å². The first-order valence-electron chi connectivity index (χ1n) is 21.8. The maximum atomic E-state index is 13.4. The fraction of sp³-hybridized carbons (Fsp3) is 0.786. The molecule has 2 aromatic heterocycles. The molecule has 4 fully saturated rings. The highest BCUT2D eigenvalue weighted by molar-refractivity contribution is 7.14. The Hall–Kier alpha value is -3.06. The van der Waals surface area contributed by atoms with E-state index in [2.05, 4.69) is 35.7 Å². The van der Waals surface area contributed by atoms with Gasteiger partial charge < -0.3 is 29.5 Å². The summed E-state index contributed by atoms with van der Waals surface area (Å²) in [5, 5.41) is 13.2. The molecule has 18 heteroatoms. The van der Waals surface area contributed by atoms with Gasteiger partial charge in [-0.3, -0.25) is 15.4 Å². The normalized spacial score (nSPS) is 19.9. The van der Waals surface area contributed by atoms with Gasteiger partial charge in [-0.1, -0.05) is 38.5 Å². The number of rotatable bonds is 10. The number of piperidine rings is 2. The molecule has 2 aliphatic carbocycles. The van der Waals surface area contributed by atoms with Crippen LogP contribution in [0.5, 0.6) is 0 Å². The van der Waals surface area contributed by atoms with E-state index in [-0.39, 0.29) is 11.7 Å². The largest absolute Gasteiger partial charge is 0.471 e. The van der Waals surface area contributed by atoms with Crippen LogP contribution in [0.25, 0.3) is 0 Å². The molecule has 4 heterocycles. The van der Waals surface area contributed by atoms with Gasteiger partial charge in [-0.05, 0) is 106 Å². The van der Waals surface area contributed by atoms with Gasteiger partial charge >= 0.3 is 24.3 Å². The van der Waals surface area contributed by atoms with E-state index in [0.717, 1.165) is 47.4 Å². The molecule has 2 aliphatic heterocycles. The van der Waals surface area contributed by atoms with Crippen LogP contribution in [0.15, 0.2) is 10.8 Å². The molecule has 2 aromatic rings. The van der Waals surface area contributed by atoms with Gasteiger partial charge in [0.05, 0.1) is 17.9 Å². The highest BCUT2D eigenvalue weighted by atomic mass is 32.1. The standard InChI is InChI=1S/C22H33F3N4O3S.C20H34N4O2S/c1-21(2,3)32-20(31)27-19-26-15(14-33-19)13-29(18(30)22(23,24)25)17-9-11-28(12-10-17)16-7-5-4-6-8-16;1-20(2,3)26-19(25)23-18-22-16(14-27-18)13-21-15-9-11-24(12-10-15)17-7-5-4-6-8-17/h14,16-17H,4-13H2,1-3H3,(H,26,27,31);14-15,17,21H,4-13H2,1-3H3,(H,22,23,25). The summed E-state index contributed by atoms with van der Waals surface area (Å²) in [5.41, 5.74) is 0.0873. The van der Waals surface area contributed by atoms with Crippen LogP contribution in [0.2, 0.25) is 0 Å². The minimum absolute atomic E-state index is 0.214. The predicted octanol–water partition coefficient (Wildman–Crippen LogP) is 9.55. The Bertz CT molecular complexity index is 1650. The molecular weight excluding hydrogens is 818 g/mol. The van der Waals surface area contributed by atoms with Crippen molar-refractivity contribution in [2.24, 2.45) is 0 Å². The molecule has 2 saturated carbocycles. The Kier molecular flexibility index (Phi) is 17.5. The van der Waals surface area contributed by atoms with Gasteiger partial charge in [0.2, 0.25) is 0 Å². The van der Waals surface area contributed by atoms with Crippen LogP contribution in [0.1, 0.15) is 143 Å². The smallest absolute Gasteiger partial charge is 0.444 e. The Balaban J connectivity index is 0.000000232. The van der Waals surface area contributed by atoms with E-state index >= 15 is 0 Å². The summed E-state index contributed by atoms with van der Waals surface area (Å²) in [4.78, 5) is 50.7. The van der Waals surface area contributed by atoms with Gasteiger partial charge in [0, 0.05) is 54.6 Å². The lowest BCUT2D eigenvalue weighted by molar-refractivity contribution is -0.189. The summed E-state index contributed by atoms with van der Waals surface area (Å²) in [6.45, 7) is 15.0. The monoisotopic (exact) mass is 884 g/mol. The van der Waals surface area contributed by atoms with Crippen molar-refractivity contribution in [3.8, 4) is 0 Å². The first-order chi connectivity index (χ1) is 28.3. The Morgan fingerprint density at radius 1 is 0.683 bits per heavy atom. The fourth-order valence-electron chi connectivity index (χ4n) is 8.54. The first kappa shape index (κ1) is 48.0. The lowest BCUT2D eigenvalue weighted by Gasteiger charge is -2.42. The van der Waals surface area contributed by atoms with Crippen LogP contribution < -0.4 is 16.0 Å². The van der Waals surface area contributed by atoms with Crippen LogP contribution in [0.4, 0.5) is 33.0 Å². The molecule has 338 valence electrons. The molecule has 3 N–H and O–H groups in total. The molecule has 4 aliphatic rings. The second kappa shape index (κ2) is 21.8. The second-order valence-electron chi connectivity index (χ2n) is 18.5. The number of halogens is 3. The zero-order chi connectivity index (χ0) is 43.5. The number of hydrogen-bond donors (Lipinski definition) is 3. The Labute approximate surface area is 361 Å². The topological polar surface area (TPSA) is 141 Å². The summed E-state index contributed by atoms with van der Waals surface area (Å²) < 4.78 is 50.5. The third-order valence-corrected chi connectivity index (χ3v) is 13.0. The average Bonchev–Trinajstić information content (AvgIpc) is 3.84. The van der Waals surface area contributed by atoms with E-state index in [1.807, 2.05) is 26.2 Å². The van der Waals surface area contributed by atoms with Crippen molar-refractivity contribution in [2.75, 3.05) is 36.8 Å². The quantitative estimate of drug-likeness (QED) is 0.211. The number of aromatic nitrogens is 2. The van der Waals surface area contributed by atoms with Crippen molar-refractivity contribution >= 4 is 51.0 Å². The van der Waals surface area contributed by atoms with E-state index in [0.29, 0.717) is 48.8 Å². The zero-order valence-corrected chi connectivity index (χ0v) is 38.0. The van der Waals surface area contributed by atoms with Crippen molar-refractivity contribution in [1.82, 2.24) is 30.0 Å². The van der Waals surface area contributed by atoms with Crippen LogP contribution in [-0.2, 0) is 27.4 Å². The number of hydrogen-bond acceptors (Lipinski definition) is 12. The maximum absolute atomic E-state index is 13.4. The summed E-state index contributed by atoms with van der Waals surface area (Å²) in [6.07, 6.45) is 10.3. The first-order valence-corrected chi connectivity index (χ1v) is 23.6. The van der Waals surface area contributed by atoms with E-state index in [4.69, 9.17) is 9.47 Å². The molecular formula is C42H67F3N8O5S2. The van der Waals surface area contributed by atoms with Gasteiger partial charge in [0.25, 0.3) is 0 Å². The van der Waals surface area contributed by atoms with Crippen molar-refractivity contribution in [2.45, 2.75) is 186 Å². The number of likely N-dealkylation sites (tertiary alicyclic amines) is 2. The third-order valence-electron chi connectivity index (χ3n) is 11.4. The number of carbonyl (C=O) groups is 3. The number of ether oxygens (including phenoxy) is 2. The molecule has 0 unspecified atom stereocenters. The highest BCUT2D eigenvalue weighted by Crippen LogP contribution is 2.31. The van der Waals surface area contributed by atoms with E-state index < -0.39 is 41.5 Å². The predicted molar refractivity (Wildman–Crippen MR) is 230 cm³/mol. The van der Waals surface area contributed by atoms with Crippen molar-refractivity contribution in [3.63, 3.8) is 0 Å². The molecule has 3 amide bonds. The number of anilines is 2. The number of alkyl halides is 3. The van der Waals surface area contributed by atoms with Gasteiger partial charge in [-0.25, -0.2) is 19.6 Å². The SMILES string of the molecule is CC(C)(C)OC(=O)Nc1nc(CN(C(=O)C(F)(F)F)C2CCN(C3CCCCC3)CC2)cs1.CC(C)(C)OC(=O)Nc1nc(CNC2CCN(C3CCCCC3)CC2)cs1. The van der Waals surface area contributed by atoms with Crippen LogP contribution >= 0.6 is 22.7 Å². The van der Waals surface area contributed by atoms with Gasteiger partial charge in [-0.2, -0.15) is 13.2 Å². The van der Waals surface area contributed by atoms with Gasteiger partial charge in [-0.15, -0.1) is 22.7 Å². The number of amides is 3. The highest BCUT2D eigenvalue weighted by Gasteiger charge is 2.45. The molecule has 0 radical (unpaired) electrons. The summed E-state index contributed by atoms with van der Waals surface area (Å²) >= 11 is 2.52. The fourth-order valence-corrected chi connectivity index (χ4v) is 9.92. The molecule has 2 saturated heterocycles. The minimum Gasteiger partial charge on any atom is -0.444 e. The molecule has 0 bridgehead atoms. The van der Waals surface area contributed by atoms with Crippen LogP contribution in [0, 0.1) is 0 Å². The minimum atomic E-state index is -4.95. The molecule has 0 spiro atoms. The van der Waals surface area contributed by atoms with Gasteiger partial charge in [0.1, 0.15) is 11.2 Å². The van der Waals surface area contributed by atoms with Crippen LogP contribution in [0.3, 0.4) is 0 Å². The summed E-state index contributed by atoms with van der Waals surface area (Å²) in [7, 11) is 0. The number of nitrogens with zero attached hydrogens (tertiary/aromatic N) is 5. The molecule has 0 aromatic carbocycles. The number of nitrogens with one attached hydrogen (secondary N) is 3. The summed E-state index contributed by atoms with van der Waals surface area (Å²) in [6, 6.07) is 1.41. The third kappa shape index (κ3) is 16.0. The second-order valence-corrected chi connectivity index (χ2v) is 20.2. The van der Waals surface area contributed by atoms with E-state index in [1.54, 1.807) is 26.2 Å². The van der Waals surface area contributed by atoms with E-state index in [1.165, 1.54) is 88.6 Å². The lowest BCUT2D eigenvalue weighted by atomic mass is 9.91. The summed E-state index contributed by atoms with van der Waals surface area (Å²) in [5.74, 6) is -1.84. The molecule has 60 heavy (non-hydrogen) atoms. The van der Waals surface area contributed by atoms with Crippen molar-refractivity contribution in [3.05, 3.63) is 22.1 Å². The Morgan fingerprint density at radius 3 is 1.57 bits per heavy atom. The number of carbonyl (C=O) groups excluding carboxylic acids is 3. The average molecular weight is 885 g/mol. The molecule has 6 rings (SSSR count). The zero-order valence-electron chi connectivity index (χ0n) is 36.3. The maximum Gasteiger partial charge on any atom is 0.471 e.